The first-order valence-electron chi connectivity index (χ1n) is 7.26. The zero-order valence-electron chi connectivity index (χ0n) is 12.3. The van der Waals surface area contributed by atoms with E-state index in [2.05, 4.69) is 10.6 Å². The molecule has 2 aliphatic rings. The number of nitrogens with zero attached hydrogens (tertiary/aromatic N) is 2. The molecular weight excluding hydrogens is 284 g/mol. The van der Waals surface area contributed by atoms with Gasteiger partial charge in [-0.1, -0.05) is 0 Å². The van der Waals surface area contributed by atoms with Crippen LogP contribution in [0, 0.1) is 5.92 Å². The van der Waals surface area contributed by atoms with E-state index in [4.69, 9.17) is 0 Å². The number of urea groups is 1. The molecule has 1 aromatic carbocycles. The summed E-state index contributed by atoms with van der Waals surface area (Å²) in [5.41, 5.74) is 1.34. The number of benzene rings is 1. The highest BCUT2D eigenvalue weighted by atomic mass is 16.2. The molecule has 1 aromatic rings. The summed E-state index contributed by atoms with van der Waals surface area (Å²) >= 11 is 0. The molecule has 2 heterocycles. The second-order valence-corrected chi connectivity index (χ2v) is 5.45. The predicted octanol–water partition coefficient (Wildman–Crippen LogP) is 0.0342. The van der Waals surface area contributed by atoms with Crippen molar-refractivity contribution in [2.75, 3.05) is 38.1 Å². The van der Waals surface area contributed by atoms with Crippen LogP contribution < -0.4 is 15.5 Å². The van der Waals surface area contributed by atoms with Gasteiger partial charge in [-0.15, -0.1) is 0 Å². The van der Waals surface area contributed by atoms with E-state index < -0.39 is 0 Å². The summed E-state index contributed by atoms with van der Waals surface area (Å²) in [6.45, 7) is 2.17. The molecule has 0 radical (unpaired) electrons. The molecule has 2 aliphatic heterocycles. The maximum atomic E-state index is 12.3. The van der Waals surface area contributed by atoms with Crippen molar-refractivity contribution in [2.45, 2.75) is 0 Å². The topological polar surface area (TPSA) is 81.8 Å². The first kappa shape index (κ1) is 14.4. The van der Waals surface area contributed by atoms with Crippen molar-refractivity contribution in [1.82, 2.24) is 15.5 Å². The van der Waals surface area contributed by atoms with Crippen molar-refractivity contribution in [1.29, 1.82) is 0 Å². The van der Waals surface area contributed by atoms with Crippen LogP contribution in [0.15, 0.2) is 24.3 Å². The monoisotopic (exact) mass is 302 g/mol. The van der Waals surface area contributed by atoms with E-state index in [-0.39, 0.29) is 23.8 Å². The van der Waals surface area contributed by atoms with Crippen LogP contribution in [0.25, 0.3) is 0 Å². The van der Waals surface area contributed by atoms with Crippen LogP contribution in [0.3, 0.4) is 0 Å². The lowest BCUT2D eigenvalue weighted by Crippen LogP contribution is -2.55. The SMILES string of the molecule is CNC(=O)C1CN(C(=O)c2ccc(N3CCNC3=O)cc2)C1. The Morgan fingerprint density at radius 3 is 2.45 bits per heavy atom. The van der Waals surface area contributed by atoms with Crippen LogP contribution in [0.4, 0.5) is 10.5 Å². The van der Waals surface area contributed by atoms with Crippen LogP contribution in [-0.2, 0) is 4.79 Å². The smallest absolute Gasteiger partial charge is 0.321 e. The van der Waals surface area contributed by atoms with Crippen molar-refractivity contribution in [3.63, 3.8) is 0 Å². The van der Waals surface area contributed by atoms with Crippen LogP contribution in [0.2, 0.25) is 0 Å². The Bertz CT molecular complexity index is 608. The van der Waals surface area contributed by atoms with Crippen LogP contribution >= 0.6 is 0 Å². The third kappa shape index (κ3) is 2.49. The molecule has 0 atom stereocenters. The number of amides is 4. The number of nitrogens with one attached hydrogen (secondary N) is 2. The van der Waals surface area contributed by atoms with Gasteiger partial charge in [-0.2, -0.15) is 0 Å². The first-order chi connectivity index (χ1) is 10.6. The third-order valence-corrected chi connectivity index (χ3v) is 4.07. The van der Waals surface area contributed by atoms with Crippen molar-refractivity contribution in [2.24, 2.45) is 5.92 Å². The van der Waals surface area contributed by atoms with Gasteiger partial charge >= 0.3 is 6.03 Å². The van der Waals surface area contributed by atoms with E-state index in [1.165, 1.54) is 0 Å². The lowest BCUT2D eigenvalue weighted by atomic mass is 9.98. The normalized spacial score (nSPS) is 18.0. The van der Waals surface area contributed by atoms with Gasteiger partial charge < -0.3 is 15.5 Å². The Balaban J connectivity index is 1.62. The molecule has 22 heavy (non-hydrogen) atoms. The molecule has 0 aromatic heterocycles. The van der Waals surface area contributed by atoms with Gasteiger partial charge in [-0.25, -0.2) is 4.79 Å². The van der Waals surface area contributed by atoms with Gasteiger partial charge in [0.15, 0.2) is 0 Å². The standard InChI is InChI=1S/C15H18N4O3/c1-16-13(20)11-8-18(9-11)14(21)10-2-4-12(5-3-10)19-7-6-17-15(19)22/h2-5,11H,6-9H2,1H3,(H,16,20)(H,17,22). The van der Waals surface area contributed by atoms with Crippen molar-refractivity contribution >= 4 is 23.5 Å². The van der Waals surface area contributed by atoms with Crippen molar-refractivity contribution in [3.8, 4) is 0 Å². The third-order valence-electron chi connectivity index (χ3n) is 4.07. The molecule has 2 N–H and O–H groups in total. The highest BCUT2D eigenvalue weighted by Gasteiger charge is 2.35. The van der Waals surface area contributed by atoms with Gasteiger partial charge in [0, 0.05) is 44.5 Å². The fraction of sp³-hybridized carbons (Fsp3) is 0.400. The summed E-state index contributed by atoms with van der Waals surface area (Å²) < 4.78 is 0. The van der Waals surface area contributed by atoms with Crippen LogP contribution in [0.5, 0.6) is 0 Å². The molecular formula is C15H18N4O3. The number of anilines is 1. The lowest BCUT2D eigenvalue weighted by molar-refractivity contribution is -0.128. The summed E-state index contributed by atoms with van der Waals surface area (Å²) in [7, 11) is 1.60. The van der Waals surface area contributed by atoms with Gasteiger partial charge in [0.2, 0.25) is 5.91 Å². The van der Waals surface area contributed by atoms with Gasteiger partial charge in [0.1, 0.15) is 0 Å². The number of carbonyl (C=O) groups excluding carboxylic acids is 3. The van der Waals surface area contributed by atoms with Crippen molar-refractivity contribution < 1.29 is 14.4 Å². The quantitative estimate of drug-likeness (QED) is 0.827. The Kier molecular flexibility index (Phi) is 3.70. The molecule has 2 fully saturated rings. The summed E-state index contributed by atoms with van der Waals surface area (Å²) in [5, 5.41) is 5.33. The van der Waals surface area contributed by atoms with Gasteiger partial charge in [0.25, 0.3) is 5.91 Å². The zero-order chi connectivity index (χ0) is 15.7. The molecule has 0 unspecified atom stereocenters. The first-order valence-corrected chi connectivity index (χ1v) is 7.26. The summed E-state index contributed by atoms with van der Waals surface area (Å²) in [6.07, 6.45) is 0. The maximum absolute atomic E-state index is 12.3. The average molecular weight is 302 g/mol. The van der Waals surface area contributed by atoms with Crippen LogP contribution in [-0.4, -0.2) is 56.0 Å². The minimum Gasteiger partial charge on any atom is -0.359 e. The summed E-state index contributed by atoms with van der Waals surface area (Å²) in [4.78, 5) is 38.6. The minimum atomic E-state index is -0.116. The fourth-order valence-corrected chi connectivity index (χ4v) is 2.70. The zero-order valence-corrected chi connectivity index (χ0v) is 12.3. The average Bonchev–Trinajstić information content (AvgIpc) is 2.91. The molecule has 2 saturated heterocycles. The second-order valence-electron chi connectivity index (χ2n) is 5.45. The molecule has 0 aliphatic carbocycles. The molecule has 0 spiro atoms. The van der Waals surface area contributed by atoms with Gasteiger partial charge in [-0.3, -0.25) is 14.5 Å². The fourth-order valence-electron chi connectivity index (χ4n) is 2.70. The van der Waals surface area contributed by atoms with E-state index >= 15 is 0 Å². The summed E-state index contributed by atoms with van der Waals surface area (Å²) in [5.74, 6) is -0.224. The van der Waals surface area contributed by atoms with E-state index in [0.717, 1.165) is 5.69 Å². The molecule has 4 amide bonds. The van der Waals surface area contributed by atoms with E-state index in [0.29, 0.717) is 31.7 Å². The number of carbonyl (C=O) groups is 3. The summed E-state index contributed by atoms with van der Waals surface area (Å²) in [6, 6.07) is 6.87. The van der Waals surface area contributed by atoms with Crippen molar-refractivity contribution in [3.05, 3.63) is 29.8 Å². The number of likely N-dealkylation sites (tertiary alicyclic amines) is 1. The molecule has 0 bridgehead atoms. The Hall–Kier alpha value is -2.57. The second kappa shape index (κ2) is 5.67. The molecule has 7 heteroatoms. The Morgan fingerprint density at radius 1 is 1.23 bits per heavy atom. The molecule has 3 rings (SSSR count). The lowest BCUT2D eigenvalue weighted by Gasteiger charge is -2.38. The van der Waals surface area contributed by atoms with E-state index in [1.807, 2.05) is 0 Å². The molecule has 0 saturated carbocycles. The Labute approximate surface area is 128 Å². The highest BCUT2D eigenvalue weighted by Crippen LogP contribution is 2.21. The van der Waals surface area contributed by atoms with E-state index in [1.54, 1.807) is 41.1 Å². The van der Waals surface area contributed by atoms with Gasteiger partial charge in [-0.05, 0) is 24.3 Å². The van der Waals surface area contributed by atoms with Crippen LogP contribution in [0.1, 0.15) is 10.4 Å². The predicted molar refractivity (Wildman–Crippen MR) is 80.6 cm³/mol. The molecule has 116 valence electrons. The minimum absolute atomic E-state index is 0.0283. The molecule has 7 nitrogen and oxygen atoms in total. The van der Waals surface area contributed by atoms with E-state index in [9.17, 15) is 14.4 Å². The number of hydrogen-bond acceptors (Lipinski definition) is 3. The van der Waals surface area contributed by atoms with Gasteiger partial charge in [0.05, 0.1) is 5.92 Å². The largest absolute Gasteiger partial charge is 0.359 e. The highest BCUT2D eigenvalue weighted by molar-refractivity contribution is 5.98. The maximum Gasteiger partial charge on any atom is 0.321 e. The number of hydrogen-bond donors (Lipinski definition) is 2. The number of rotatable bonds is 3. The Morgan fingerprint density at radius 2 is 1.91 bits per heavy atom.